The maximum Gasteiger partial charge on any atom is 0.377 e. The number of aliphatic carboxylic acids is 1. The Balaban J connectivity index is 2.62. The third-order valence-corrected chi connectivity index (χ3v) is 2.96. The minimum atomic E-state index is -1.55. The molecule has 1 heterocycles. The number of hydrogen-bond acceptors (Lipinski definition) is 4. The number of benzene rings is 1. The summed E-state index contributed by atoms with van der Waals surface area (Å²) in [5.41, 5.74) is 0.552. The van der Waals surface area contributed by atoms with Crippen LogP contribution in [0.3, 0.4) is 0 Å². The molecule has 0 saturated carbocycles. The maximum atomic E-state index is 11.5. The number of fused-ring (bicyclic) bond motifs is 1. The molecule has 2 rings (SSSR count). The normalized spacial score (nSPS) is 12.8. The summed E-state index contributed by atoms with van der Waals surface area (Å²) in [6, 6.07) is 1.29. The van der Waals surface area contributed by atoms with Gasteiger partial charge in [0.05, 0.1) is 24.3 Å². The Labute approximate surface area is 102 Å². The minimum Gasteiger partial charge on any atom is -0.493 e. The van der Waals surface area contributed by atoms with E-state index in [-0.39, 0.29) is 10.6 Å². The first-order chi connectivity index (χ1) is 8.06. The van der Waals surface area contributed by atoms with Crippen LogP contribution in [0.15, 0.2) is 6.07 Å². The molecule has 6 heteroatoms. The second-order valence-corrected chi connectivity index (χ2v) is 3.86. The maximum absolute atomic E-state index is 11.5. The number of methoxy groups -OCH3 is 1. The number of carbonyl (C=O) groups is 2. The van der Waals surface area contributed by atoms with Gasteiger partial charge in [-0.05, 0) is 6.07 Å². The highest BCUT2D eigenvalue weighted by Gasteiger charge is 2.28. The van der Waals surface area contributed by atoms with E-state index in [1.807, 2.05) is 0 Å². The standard InChI is InChI=1S/C11H9ClO5/c1-16-7-4-6(9(13)11(14)15)8(12)5-2-3-17-10(5)7/h4H,2-3H2,1H3,(H,14,15). The first kappa shape index (κ1) is 11.7. The molecule has 0 fully saturated rings. The van der Waals surface area contributed by atoms with Gasteiger partial charge in [-0.2, -0.15) is 0 Å². The second-order valence-electron chi connectivity index (χ2n) is 3.48. The van der Waals surface area contributed by atoms with Gasteiger partial charge in [-0.1, -0.05) is 11.6 Å². The van der Waals surface area contributed by atoms with Gasteiger partial charge in [0.25, 0.3) is 5.78 Å². The van der Waals surface area contributed by atoms with Crippen molar-refractivity contribution < 1.29 is 24.2 Å². The number of carboxylic acid groups (broad SMARTS) is 1. The van der Waals surface area contributed by atoms with Crippen LogP contribution in [0.1, 0.15) is 15.9 Å². The SMILES string of the molecule is COc1cc(C(=O)C(=O)O)c(Cl)c2c1OCC2. The van der Waals surface area contributed by atoms with E-state index in [1.165, 1.54) is 13.2 Å². The summed E-state index contributed by atoms with van der Waals surface area (Å²) in [6.45, 7) is 0.441. The lowest BCUT2D eigenvalue weighted by Gasteiger charge is -2.10. The zero-order valence-corrected chi connectivity index (χ0v) is 9.71. The highest BCUT2D eigenvalue weighted by atomic mass is 35.5. The molecular weight excluding hydrogens is 248 g/mol. The van der Waals surface area contributed by atoms with Crippen LogP contribution in [0.25, 0.3) is 0 Å². The Morgan fingerprint density at radius 3 is 2.82 bits per heavy atom. The van der Waals surface area contributed by atoms with E-state index >= 15 is 0 Å². The van der Waals surface area contributed by atoms with Gasteiger partial charge in [-0.3, -0.25) is 4.79 Å². The van der Waals surface area contributed by atoms with E-state index in [2.05, 4.69) is 0 Å². The van der Waals surface area contributed by atoms with Crippen LogP contribution >= 0.6 is 11.6 Å². The molecule has 0 aliphatic carbocycles. The zero-order valence-electron chi connectivity index (χ0n) is 8.95. The van der Waals surface area contributed by atoms with Gasteiger partial charge >= 0.3 is 5.97 Å². The van der Waals surface area contributed by atoms with E-state index in [0.29, 0.717) is 30.1 Å². The van der Waals surface area contributed by atoms with Crippen molar-refractivity contribution in [1.29, 1.82) is 0 Å². The summed E-state index contributed by atoms with van der Waals surface area (Å²) in [5, 5.41) is 8.82. The molecule has 0 bridgehead atoms. The predicted molar refractivity (Wildman–Crippen MR) is 59.2 cm³/mol. The summed E-state index contributed by atoms with van der Waals surface area (Å²) in [6.07, 6.45) is 0.533. The highest BCUT2D eigenvalue weighted by Crippen LogP contribution is 2.42. The van der Waals surface area contributed by atoms with Crippen LogP contribution in [-0.2, 0) is 11.2 Å². The number of Topliss-reactive ketones (excluding diaryl/α,β-unsaturated/α-hetero) is 1. The molecule has 0 atom stereocenters. The molecule has 0 saturated heterocycles. The van der Waals surface area contributed by atoms with Gasteiger partial charge in [0.1, 0.15) is 0 Å². The number of ketones is 1. The number of rotatable bonds is 3. The van der Waals surface area contributed by atoms with Crippen molar-refractivity contribution in [3.63, 3.8) is 0 Å². The topological polar surface area (TPSA) is 72.8 Å². The van der Waals surface area contributed by atoms with Crippen molar-refractivity contribution >= 4 is 23.4 Å². The first-order valence-corrected chi connectivity index (χ1v) is 5.23. The van der Waals surface area contributed by atoms with Crippen molar-refractivity contribution in [2.24, 2.45) is 0 Å². The molecule has 1 aliphatic rings. The quantitative estimate of drug-likeness (QED) is 0.656. The largest absolute Gasteiger partial charge is 0.493 e. The fourth-order valence-corrected chi connectivity index (χ4v) is 2.06. The molecule has 1 aliphatic heterocycles. The first-order valence-electron chi connectivity index (χ1n) is 4.86. The molecule has 0 amide bonds. The van der Waals surface area contributed by atoms with Gasteiger partial charge in [0.2, 0.25) is 0 Å². The van der Waals surface area contributed by atoms with Gasteiger partial charge in [-0.15, -0.1) is 0 Å². The van der Waals surface area contributed by atoms with E-state index in [1.54, 1.807) is 0 Å². The van der Waals surface area contributed by atoms with Crippen molar-refractivity contribution in [2.75, 3.05) is 13.7 Å². The molecule has 0 aromatic heterocycles. The third kappa shape index (κ3) is 1.82. The summed E-state index contributed by atoms with van der Waals surface area (Å²) in [5.74, 6) is -1.79. The number of carbonyl (C=O) groups excluding carboxylic acids is 1. The highest BCUT2D eigenvalue weighted by molar-refractivity contribution is 6.45. The van der Waals surface area contributed by atoms with Crippen molar-refractivity contribution in [1.82, 2.24) is 0 Å². The molecule has 0 spiro atoms. The Kier molecular flexibility index (Phi) is 2.93. The minimum absolute atomic E-state index is 0.0692. The van der Waals surface area contributed by atoms with Crippen LogP contribution in [0, 0.1) is 0 Å². The van der Waals surface area contributed by atoms with Crippen LogP contribution in [0.4, 0.5) is 0 Å². The smallest absolute Gasteiger partial charge is 0.377 e. The van der Waals surface area contributed by atoms with E-state index in [9.17, 15) is 9.59 Å². The molecule has 1 aromatic carbocycles. The van der Waals surface area contributed by atoms with Gasteiger partial charge in [0, 0.05) is 12.0 Å². The Morgan fingerprint density at radius 1 is 1.53 bits per heavy atom. The van der Waals surface area contributed by atoms with Crippen molar-refractivity contribution in [3.8, 4) is 11.5 Å². The lowest BCUT2D eigenvalue weighted by atomic mass is 10.0. The van der Waals surface area contributed by atoms with Crippen LogP contribution in [0.5, 0.6) is 11.5 Å². The fourth-order valence-electron chi connectivity index (χ4n) is 1.74. The van der Waals surface area contributed by atoms with Crippen molar-refractivity contribution in [2.45, 2.75) is 6.42 Å². The molecule has 0 unspecified atom stereocenters. The molecule has 5 nitrogen and oxygen atoms in total. The van der Waals surface area contributed by atoms with Gasteiger partial charge in [-0.25, -0.2) is 4.79 Å². The molecule has 0 radical (unpaired) electrons. The number of hydrogen-bond donors (Lipinski definition) is 1. The third-order valence-electron chi connectivity index (χ3n) is 2.53. The number of carboxylic acids is 1. The van der Waals surface area contributed by atoms with Gasteiger partial charge < -0.3 is 14.6 Å². The van der Waals surface area contributed by atoms with Crippen LogP contribution < -0.4 is 9.47 Å². The van der Waals surface area contributed by atoms with Crippen LogP contribution in [0.2, 0.25) is 5.02 Å². The lowest BCUT2D eigenvalue weighted by Crippen LogP contribution is -2.14. The van der Waals surface area contributed by atoms with Gasteiger partial charge in [0.15, 0.2) is 11.5 Å². The van der Waals surface area contributed by atoms with E-state index in [4.69, 9.17) is 26.2 Å². The van der Waals surface area contributed by atoms with Crippen molar-refractivity contribution in [3.05, 3.63) is 22.2 Å². The predicted octanol–water partition coefficient (Wildman–Crippen LogP) is 1.55. The fraction of sp³-hybridized carbons (Fsp3) is 0.273. The average molecular weight is 257 g/mol. The average Bonchev–Trinajstić information content (AvgIpc) is 2.78. The molecule has 1 N–H and O–H groups in total. The Bertz CT molecular complexity index is 509. The lowest BCUT2D eigenvalue weighted by molar-refractivity contribution is -0.131. The van der Waals surface area contributed by atoms with Crippen LogP contribution in [-0.4, -0.2) is 30.6 Å². The molecule has 17 heavy (non-hydrogen) atoms. The summed E-state index contributed by atoms with van der Waals surface area (Å²) in [7, 11) is 1.42. The molecule has 1 aromatic rings. The van der Waals surface area contributed by atoms with E-state index in [0.717, 1.165) is 0 Å². The summed E-state index contributed by atoms with van der Waals surface area (Å²) < 4.78 is 10.4. The monoisotopic (exact) mass is 256 g/mol. The van der Waals surface area contributed by atoms with E-state index < -0.39 is 11.8 Å². The second kappa shape index (κ2) is 4.25. The Hall–Kier alpha value is -1.75. The zero-order chi connectivity index (χ0) is 12.6. The molecule has 90 valence electrons. The molecular formula is C11H9ClO5. The number of ether oxygens (including phenoxy) is 2. The Morgan fingerprint density at radius 2 is 2.24 bits per heavy atom. The number of halogens is 1. The summed E-state index contributed by atoms with van der Waals surface area (Å²) in [4.78, 5) is 22.1. The summed E-state index contributed by atoms with van der Waals surface area (Å²) >= 11 is 6.00.